The lowest BCUT2D eigenvalue weighted by Crippen LogP contribution is -2.47. The first-order valence-electron chi connectivity index (χ1n) is 6.66. The van der Waals surface area contributed by atoms with Crippen LogP contribution in [-0.2, 0) is 4.79 Å². The van der Waals surface area contributed by atoms with Gasteiger partial charge in [0.2, 0.25) is 0 Å². The van der Waals surface area contributed by atoms with Gasteiger partial charge in [0.1, 0.15) is 0 Å². The number of benzene rings is 1. The molecule has 2 atom stereocenters. The number of carbonyl (C=O) groups is 1. The van der Waals surface area contributed by atoms with E-state index in [4.69, 9.17) is 0 Å². The molecule has 1 fully saturated rings. The lowest BCUT2D eigenvalue weighted by Gasteiger charge is -2.22. The summed E-state index contributed by atoms with van der Waals surface area (Å²) in [6.45, 7) is 4.71. The van der Waals surface area contributed by atoms with E-state index in [1.807, 2.05) is 0 Å². The maximum atomic E-state index is 12.0. The topological polar surface area (TPSA) is 49.3 Å². The number of nitrogens with one attached hydrogen (secondary N) is 1. The van der Waals surface area contributed by atoms with Gasteiger partial charge >= 0.3 is 0 Å². The summed E-state index contributed by atoms with van der Waals surface area (Å²) in [7, 11) is 0. The second kappa shape index (κ2) is 5.97. The number of aryl methyl sites for hydroxylation is 1. The maximum absolute atomic E-state index is 12.0. The van der Waals surface area contributed by atoms with Gasteiger partial charge in [0.05, 0.1) is 0 Å². The summed E-state index contributed by atoms with van der Waals surface area (Å²) in [6, 6.07) is 8.34. The van der Waals surface area contributed by atoms with Crippen molar-refractivity contribution in [3.05, 3.63) is 35.4 Å². The standard InChI is InChI=1S/C15H21NO2S/c1-11-3-5-13(6-4-11)12(2)9-16-14(17)15(18)7-8-19-10-15/h3-6,12,18H,7-10H2,1-2H3,(H,16,17). The first kappa shape index (κ1) is 14.4. The van der Waals surface area contributed by atoms with Gasteiger partial charge in [-0.3, -0.25) is 4.79 Å². The van der Waals surface area contributed by atoms with Crippen molar-refractivity contribution in [3.63, 3.8) is 0 Å². The zero-order valence-corrected chi connectivity index (χ0v) is 12.3. The molecule has 104 valence electrons. The molecule has 2 unspecified atom stereocenters. The molecule has 1 aliphatic rings. The molecule has 1 aromatic rings. The van der Waals surface area contributed by atoms with E-state index in [1.54, 1.807) is 11.8 Å². The van der Waals surface area contributed by atoms with Gasteiger partial charge in [-0.1, -0.05) is 36.8 Å². The van der Waals surface area contributed by atoms with Crippen LogP contribution in [0, 0.1) is 6.92 Å². The number of rotatable bonds is 4. The largest absolute Gasteiger partial charge is 0.379 e. The highest BCUT2D eigenvalue weighted by molar-refractivity contribution is 7.99. The molecule has 3 nitrogen and oxygen atoms in total. The van der Waals surface area contributed by atoms with Gasteiger partial charge in [0.15, 0.2) is 5.60 Å². The zero-order valence-electron chi connectivity index (χ0n) is 11.5. The summed E-state index contributed by atoms with van der Waals surface area (Å²) in [5.74, 6) is 1.40. The van der Waals surface area contributed by atoms with Gasteiger partial charge in [-0.05, 0) is 30.6 Å². The molecule has 4 heteroatoms. The minimum atomic E-state index is -1.16. The summed E-state index contributed by atoms with van der Waals surface area (Å²) >= 11 is 1.63. The van der Waals surface area contributed by atoms with E-state index >= 15 is 0 Å². The summed E-state index contributed by atoms with van der Waals surface area (Å²) in [6.07, 6.45) is 0.558. The molecular formula is C15H21NO2S. The van der Waals surface area contributed by atoms with Crippen LogP contribution in [0.5, 0.6) is 0 Å². The highest BCUT2D eigenvalue weighted by Crippen LogP contribution is 2.28. The predicted octanol–water partition coefficient (Wildman–Crippen LogP) is 2.08. The molecule has 0 saturated carbocycles. The van der Waals surface area contributed by atoms with E-state index in [0.29, 0.717) is 18.7 Å². The van der Waals surface area contributed by atoms with Gasteiger partial charge in [0.25, 0.3) is 5.91 Å². The Morgan fingerprint density at radius 3 is 2.74 bits per heavy atom. The van der Waals surface area contributed by atoms with Crippen LogP contribution in [0.3, 0.4) is 0 Å². The fourth-order valence-corrected chi connectivity index (χ4v) is 3.40. The van der Waals surface area contributed by atoms with E-state index in [-0.39, 0.29) is 11.8 Å². The zero-order chi connectivity index (χ0) is 13.9. The highest BCUT2D eigenvalue weighted by Gasteiger charge is 2.39. The average molecular weight is 279 g/mol. The van der Waals surface area contributed by atoms with Crippen LogP contribution in [-0.4, -0.2) is 34.7 Å². The first-order chi connectivity index (χ1) is 9.01. The fourth-order valence-electron chi connectivity index (χ4n) is 2.16. The van der Waals surface area contributed by atoms with Gasteiger partial charge in [-0.25, -0.2) is 0 Å². The lowest BCUT2D eigenvalue weighted by molar-refractivity contribution is -0.137. The Balaban J connectivity index is 1.88. The number of amides is 1. The Hall–Kier alpha value is -1.00. The van der Waals surface area contributed by atoms with Gasteiger partial charge in [0, 0.05) is 12.3 Å². The van der Waals surface area contributed by atoms with E-state index in [1.165, 1.54) is 11.1 Å². The monoisotopic (exact) mass is 279 g/mol. The van der Waals surface area contributed by atoms with Gasteiger partial charge in [-0.15, -0.1) is 0 Å². The molecule has 1 amide bonds. The number of carbonyl (C=O) groups excluding carboxylic acids is 1. The van der Waals surface area contributed by atoms with Crippen LogP contribution in [0.15, 0.2) is 24.3 Å². The summed E-state index contributed by atoms with van der Waals surface area (Å²) < 4.78 is 0. The normalized spacial score (nSPS) is 24.2. The minimum absolute atomic E-state index is 0.225. The average Bonchev–Trinajstić information content (AvgIpc) is 2.84. The molecule has 0 radical (unpaired) electrons. The maximum Gasteiger partial charge on any atom is 0.252 e. The third kappa shape index (κ3) is 3.51. The molecule has 1 saturated heterocycles. The molecule has 0 bridgehead atoms. The van der Waals surface area contributed by atoms with Crippen molar-refractivity contribution in [3.8, 4) is 0 Å². The quantitative estimate of drug-likeness (QED) is 0.887. The Morgan fingerprint density at radius 1 is 1.47 bits per heavy atom. The van der Waals surface area contributed by atoms with E-state index in [9.17, 15) is 9.90 Å². The Morgan fingerprint density at radius 2 is 2.16 bits per heavy atom. The lowest BCUT2D eigenvalue weighted by atomic mass is 9.98. The van der Waals surface area contributed by atoms with Gasteiger partial charge < -0.3 is 10.4 Å². The fraction of sp³-hybridized carbons (Fsp3) is 0.533. The third-order valence-corrected chi connectivity index (χ3v) is 4.81. The SMILES string of the molecule is Cc1ccc(C(C)CNC(=O)C2(O)CCSC2)cc1. The van der Waals surface area contributed by atoms with Crippen molar-refractivity contribution in [2.45, 2.75) is 31.8 Å². The molecule has 19 heavy (non-hydrogen) atoms. The second-order valence-corrected chi connectivity index (χ2v) is 6.46. The Kier molecular flexibility index (Phi) is 4.53. The Labute approximate surface area is 118 Å². The number of hydrogen-bond acceptors (Lipinski definition) is 3. The molecule has 1 aromatic carbocycles. The predicted molar refractivity (Wildman–Crippen MR) is 79.5 cm³/mol. The van der Waals surface area contributed by atoms with Crippen molar-refractivity contribution < 1.29 is 9.90 Å². The van der Waals surface area contributed by atoms with Crippen molar-refractivity contribution >= 4 is 17.7 Å². The molecule has 0 spiro atoms. The van der Waals surface area contributed by atoms with Gasteiger partial charge in [-0.2, -0.15) is 11.8 Å². The van der Waals surface area contributed by atoms with E-state index in [0.717, 1.165) is 5.75 Å². The summed E-state index contributed by atoms with van der Waals surface area (Å²) in [4.78, 5) is 12.0. The molecule has 2 N–H and O–H groups in total. The van der Waals surface area contributed by atoms with Crippen LogP contribution in [0.1, 0.15) is 30.4 Å². The number of thioether (sulfide) groups is 1. The van der Waals surface area contributed by atoms with E-state index in [2.05, 4.69) is 43.4 Å². The third-order valence-electron chi connectivity index (χ3n) is 3.64. The van der Waals surface area contributed by atoms with Crippen molar-refractivity contribution in [2.24, 2.45) is 0 Å². The molecular weight excluding hydrogens is 258 g/mol. The molecule has 1 heterocycles. The van der Waals surface area contributed by atoms with Crippen LogP contribution in [0.4, 0.5) is 0 Å². The number of hydrogen-bond donors (Lipinski definition) is 2. The molecule has 1 aliphatic heterocycles. The highest BCUT2D eigenvalue weighted by atomic mass is 32.2. The minimum Gasteiger partial charge on any atom is -0.379 e. The number of aliphatic hydroxyl groups is 1. The molecule has 0 aromatic heterocycles. The summed E-state index contributed by atoms with van der Waals surface area (Å²) in [5, 5.41) is 13.0. The van der Waals surface area contributed by atoms with Crippen molar-refractivity contribution in [1.82, 2.24) is 5.32 Å². The second-order valence-electron chi connectivity index (χ2n) is 5.36. The first-order valence-corrected chi connectivity index (χ1v) is 7.82. The molecule has 2 rings (SSSR count). The van der Waals surface area contributed by atoms with Crippen LogP contribution >= 0.6 is 11.8 Å². The smallest absolute Gasteiger partial charge is 0.252 e. The summed E-state index contributed by atoms with van der Waals surface area (Å²) in [5.41, 5.74) is 1.29. The van der Waals surface area contributed by atoms with Crippen molar-refractivity contribution in [1.29, 1.82) is 0 Å². The van der Waals surface area contributed by atoms with Crippen LogP contribution in [0.2, 0.25) is 0 Å². The van der Waals surface area contributed by atoms with Crippen molar-refractivity contribution in [2.75, 3.05) is 18.1 Å². The van der Waals surface area contributed by atoms with E-state index < -0.39 is 5.60 Å². The Bertz CT molecular complexity index is 438. The van der Waals surface area contributed by atoms with Crippen LogP contribution in [0.25, 0.3) is 0 Å². The van der Waals surface area contributed by atoms with Crippen LogP contribution < -0.4 is 5.32 Å². The molecule has 0 aliphatic carbocycles.